The highest BCUT2D eigenvalue weighted by atomic mass is 19.1. The number of anilines is 1. The van der Waals surface area contributed by atoms with E-state index >= 15 is 0 Å². The molecule has 0 bridgehead atoms. The molecule has 0 aliphatic rings. The molecule has 2 aromatic heterocycles. The molecule has 0 unspecified atom stereocenters. The maximum atomic E-state index is 13.4. The zero-order chi connectivity index (χ0) is 11.8. The molecule has 4 nitrogen and oxygen atoms in total. The largest absolute Gasteiger partial charge is 0.399 e. The standard InChI is InChI=1S/C12H9FN4/c13-10-2-1-7-17-12(10)15-11(16-17)8-3-5-9(14)6-4-8/h1-7H,14H2. The van der Waals surface area contributed by atoms with E-state index in [1.54, 1.807) is 24.4 Å². The number of hydrogen-bond donors (Lipinski definition) is 1. The maximum Gasteiger partial charge on any atom is 0.191 e. The van der Waals surface area contributed by atoms with E-state index in [1.807, 2.05) is 12.1 Å². The Morgan fingerprint density at radius 2 is 1.88 bits per heavy atom. The van der Waals surface area contributed by atoms with Crippen LogP contribution in [0.3, 0.4) is 0 Å². The minimum Gasteiger partial charge on any atom is -0.399 e. The quantitative estimate of drug-likeness (QED) is 0.649. The van der Waals surface area contributed by atoms with Crippen LogP contribution < -0.4 is 5.73 Å². The Labute approximate surface area is 96.5 Å². The van der Waals surface area contributed by atoms with Gasteiger partial charge in [-0.2, -0.15) is 0 Å². The van der Waals surface area contributed by atoms with Crippen molar-refractivity contribution in [2.75, 3.05) is 5.73 Å². The smallest absolute Gasteiger partial charge is 0.191 e. The molecule has 0 spiro atoms. The van der Waals surface area contributed by atoms with Crippen molar-refractivity contribution in [1.29, 1.82) is 0 Å². The van der Waals surface area contributed by atoms with Crippen LogP contribution in [0.25, 0.3) is 17.0 Å². The van der Waals surface area contributed by atoms with Gasteiger partial charge in [-0.25, -0.2) is 13.9 Å². The maximum absolute atomic E-state index is 13.4. The predicted octanol–water partition coefficient (Wildman–Crippen LogP) is 2.12. The highest BCUT2D eigenvalue weighted by molar-refractivity contribution is 5.60. The molecule has 0 amide bonds. The average molecular weight is 228 g/mol. The molecule has 5 heteroatoms. The number of nitrogens with two attached hydrogens (primary N) is 1. The van der Waals surface area contributed by atoms with Crippen molar-refractivity contribution in [3.05, 3.63) is 48.4 Å². The molecule has 3 rings (SSSR count). The zero-order valence-corrected chi connectivity index (χ0v) is 8.84. The van der Waals surface area contributed by atoms with Crippen LogP contribution in [0.1, 0.15) is 0 Å². The summed E-state index contributed by atoms with van der Waals surface area (Å²) in [5.74, 6) is 0.0943. The highest BCUT2D eigenvalue weighted by Crippen LogP contribution is 2.18. The normalized spacial score (nSPS) is 10.9. The third kappa shape index (κ3) is 1.61. The number of pyridine rings is 1. The van der Waals surface area contributed by atoms with Gasteiger partial charge in [0.15, 0.2) is 17.3 Å². The first-order chi connectivity index (χ1) is 8.24. The lowest BCUT2D eigenvalue weighted by molar-refractivity contribution is 0.627. The minimum absolute atomic E-state index is 0.222. The van der Waals surface area contributed by atoms with Gasteiger partial charge in [0.1, 0.15) is 0 Å². The Morgan fingerprint density at radius 3 is 2.59 bits per heavy atom. The molecule has 2 heterocycles. The summed E-state index contributed by atoms with van der Waals surface area (Å²) in [6.07, 6.45) is 1.66. The average Bonchev–Trinajstić information content (AvgIpc) is 2.75. The first-order valence-electron chi connectivity index (χ1n) is 5.11. The molecular weight excluding hydrogens is 219 g/mol. The lowest BCUT2D eigenvalue weighted by Crippen LogP contribution is -1.88. The summed E-state index contributed by atoms with van der Waals surface area (Å²) in [6.45, 7) is 0. The summed E-state index contributed by atoms with van der Waals surface area (Å²) in [4.78, 5) is 4.15. The van der Waals surface area contributed by atoms with Crippen LogP contribution in [-0.2, 0) is 0 Å². The molecule has 0 aliphatic carbocycles. The number of nitrogen functional groups attached to an aromatic ring is 1. The van der Waals surface area contributed by atoms with E-state index < -0.39 is 0 Å². The van der Waals surface area contributed by atoms with Gasteiger partial charge >= 0.3 is 0 Å². The molecule has 0 aliphatic heterocycles. The van der Waals surface area contributed by atoms with Crippen LogP contribution in [0.5, 0.6) is 0 Å². The first-order valence-corrected chi connectivity index (χ1v) is 5.11. The van der Waals surface area contributed by atoms with Gasteiger partial charge in [-0.15, -0.1) is 5.10 Å². The number of hydrogen-bond acceptors (Lipinski definition) is 3. The van der Waals surface area contributed by atoms with Gasteiger partial charge in [0.2, 0.25) is 0 Å². The van der Waals surface area contributed by atoms with Gasteiger partial charge < -0.3 is 5.73 Å². The van der Waals surface area contributed by atoms with Gasteiger partial charge in [-0.1, -0.05) is 0 Å². The monoisotopic (exact) mass is 228 g/mol. The fraction of sp³-hybridized carbons (Fsp3) is 0. The Hall–Kier alpha value is -2.43. The summed E-state index contributed by atoms with van der Waals surface area (Å²) in [7, 11) is 0. The van der Waals surface area contributed by atoms with E-state index in [2.05, 4.69) is 10.1 Å². The number of rotatable bonds is 1. The summed E-state index contributed by atoms with van der Waals surface area (Å²) in [6, 6.07) is 10.1. The summed E-state index contributed by atoms with van der Waals surface area (Å²) < 4.78 is 14.9. The topological polar surface area (TPSA) is 56.2 Å². The van der Waals surface area contributed by atoms with Crippen molar-refractivity contribution < 1.29 is 4.39 Å². The SMILES string of the molecule is Nc1ccc(-c2nc3c(F)cccn3n2)cc1. The van der Waals surface area contributed by atoms with Crippen LogP contribution in [0.4, 0.5) is 10.1 Å². The summed E-state index contributed by atoms with van der Waals surface area (Å²) in [5.41, 5.74) is 7.30. The molecule has 0 atom stereocenters. The van der Waals surface area contributed by atoms with E-state index in [0.717, 1.165) is 5.56 Å². The number of aromatic nitrogens is 3. The fourth-order valence-electron chi connectivity index (χ4n) is 1.63. The van der Waals surface area contributed by atoms with E-state index in [-0.39, 0.29) is 11.5 Å². The fourth-order valence-corrected chi connectivity index (χ4v) is 1.63. The molecule has 17 heavy (non-hydrogen) atoms. The van der Waals surface area contributed by atoms with E-state index in [4.69, 9.17) is 5.73 Å². The molecule has 0 fully saturated rings. The number of benzene rings is 1. The molecular formula is C12H9FN4. The predicted molar refractivity (Wildman–Crippen MR) is 62.8 cm³/mol. The lowest BCUT2D eigenvalue weighted by atomic mass is 10.2. The summed E-state index contributed by atoms with van der Waals surface area (Å²) >= 11 is 0. The number of nitrogens with zero attached hydrogens (tertiary/aromatic N) is 3. The molecule has 0 radical (unpaired) electrons. The second-order valence-electron chi connectivity index (χ2n) is 3.68. The van der Waals surface area contributed by atoms with Gasteiger partial charge in [-0.05, 0) is 36.4 Å². The van der Waals surface area contributed by atoms with Crippen molar-refractivity contribution in [3.8, 4) is 11.4 Å². The van der Waals surface area contributed by atoms with Gasteiger partial charge in [0.25, 0.3) is 0 Å². The van der Waals surface area contributed by atoms with Crippen LogP contribution in [-0.4, -0.2) is 14.6 Å². The van der Waals surface area contributed by atoms with Gasteiger partial charge in [-0.3, -0.25) is 0 Å². The molecule has 0 saturated heterocycles. The Morgan fingerprint density at radius 1 is 1.12 bits per heavy atom. The van der Waals surface area contributed by atoms with Crippen LogP contribution in [0.15, 0.2) is 42.6 Å². The highest BCUT2D eigenvalue weighted by Gasteiger charge is 2.08. The van der Waals surface area contributed by atoms with Crippen LogP contribution >= 0.6 is 0 Å². The van der Waals surface area contributed by atoms with Gasteiger partial charge in [0, 0.05) is 17.4 Å². The molecule has 2 N–H and O–H groups in total. The Balaban J connectivity index is 2.18. The second kappa shape index (κ2) is 3.55. The second-order valence-corrected chi connectivity index (χ2v) is 3.68. The molecule has 3 aromatic rings. The lowest BCUT2D eigenvalue weighted by Gasteiger charge is -1.94. The third-order valence-electron chi connectivity index (χ3n) is 2.48. The molecule has 84 valence electrons. The minimum atomic E-state index is -0.387. The third-order valence-corrected chi connectivity index (χ3v) is 2.48. The van der Waals surface area contributed by atoms with E-state index in [1.165, 1.54) is 10.6 Å². The van der Waals surface area contributed by atoms with E-state index in [0.29, 0.717) is 11.5 Å². The van der Waals surface area contributed by atoms with Crippen molar-refractivity contribution in [2.45, 2.75) is 0 Å². The van der Waals surface area contributed by atoms with Crippen molar-refractivity contribution in [1.82, 2.24) is 14.6 Å². The number of fused-ring (bicyclic) bond motifs is 1. The first kappa shape index (κ1) is 9.77. The van der Waals surface area contributed by atoms with Crippen molar-refractivity contribution in [2.24, 2.45) is 0 Å². The molecule has 0 saturated carbocycles. The Bertz CT molecular complexity index is 673. The molecule has 1 aromatic carbocycles. The van der Waals surface area contributed by atoms with E-state index in [9.17, 15) is 4.39 Å². The van der Waals surface area contributed by atoms with Crippen molar-refractivity contribution in [3.63, 3.8) is 0 Å². The number of halogens is 1. The summed E-state index contributed by atoms with van der Waals surface area (Å²) in [5, 5.41) is 4.20. The van der Waals surface area contributed by atoms with Crippen molar-refractivity contribution >= 4 is 11.3 Å². The van der Waals surface area contributed by atoms with Crippen LogP contribution in [0.2, 0.25) is 0 Å². The van der Waals surface area contributed by atoms with Crippen LogP contribution in [0, 0.1) is 5.82 Å². The Kier molecular flexibility index (Phi) is 2.04. The zero-order valence-electron chi connectivity index (χ0n) is 8.84. The van der Waals surface area contributed by atoms with Gasteiger partial charge in [0.05, 0.1) is 0 Å².